The predicted octanol–water partition coefficient (Wildman–Crippen LogP) is 1.87. The normalized spacial score (nSPS) is 28.6. The molecule has 1 aliphatic carbocycles. The standard InChI is InChI=1S/C12H16FNO/c1-12(2)6-10(15)11(14)8-4-3-7(13)5-9(8)12/h3-5,10-11,15H,6,14H2,1-2H3. The second kappa shape index (κ2) is 3.29. The van der Waals surface area contributed by atoms with Gasteiger partial charge in [-0.05, 0) is 35.1 Å². The molecule has 0 fully saturated rings. The van der Waals surface area contributed by atoms with Crippen molar-refractivity contribution in [2.24, 2.45) is 5.73 Å². The van der Waals surface area contributed by atoms with Gasteiger partial charge in [0.05, 0.1) is 12.1 Å². The van der Waals surface area contributed by atoms with Crippen molar-refractivity contribution in [3.8, 4) is 0 Å². The molecule has 0 aliphatic heterocycles. The monoisotopic (exact) mass is 209 g/mol. The molecular formula is C12H16FNO. The van der Waals surface area contributed by atoms with E-state index in [-0.39, 0.29) is 11.2 Å². The van der Waals surface area contributed by atoms with Crippen LogP contribution in [0.25, 0.3) is 0 Å². The summed E-state index contributed by atoms with van der Waals surface area (Å²) in [5, 5.41) is 9.81. The number of nitrogens with two attached hydrogens (primary N) is 1. The maximum absolute atomic E-state index is 13.2. The summed E-state index contributed by atoms with van der Waals surface area (Å²) in [6.45, 7) is 4.00. The Morgan fingerprint density at radius 3 is 2.80 bits per heavy atom. The number of hydrogen-bond acceptors (Lipinski definition) is 2. The van der Waals surface area contributed by atoms with E-state index in [1.54, 1.807) is 6.07 Å². The van der Waals surface area contributed by atoms with Gasteiger partial charge in [-0.2, -0.15) is 0 Å². The fraction of sp³-hybridized carbons (Fsp3) is 0.500. The van der Waals surface area contributed by atoms with Crippen molar-refractivity contribution < 1.29 is 9.50 Å². The second-order valence-corrected chi connectivity index (χ2v) is 4.91. The molecule has 1 aliphatic rings. The van der Waals surface area contributed by atoms with E-state index in [1.807, 2.05) is 13.8 Å². The summed E-state index contributed by atoms with van der Waals surface area (Å²) in [4.78, 5) is 0. The van der Waals surface area contributed by atoms with Crippen LogP contribution in [0.3, 0.4) is 0 Å². The van der Waals surface area contributed by atoms with E-state index in [0.29, 0.717) is 6.42 Å². The van der Waals surface area contributed by atoms with Crippen molar-refractivity contribution in [3.63, 3.8) is 0 Å². The van der Waals surface area contributed by atoms with Gasteiger partial charge in [-0.25, -0.2) is 4.39 Å². The number of benzene rings is 1. The van der Waals surface area contributed by atoms with Gasteiger partial charge >= 0.3 is 0 Å². The Balaban J connectivity index is 2.59. The largest absolute Gasteiger partial charge is 0.391 e. The molecule has 1 aromatic rings. The highest BCUT2D eigenvalue weighted by molar-refractivity contribution is 5.39. The molecular weight excluding hydrogens is 193 g/mol. The number of fused-ring (bicyclic) bond motifs is 1. The average Bonchev–Trinajstić information content (AvgIpc) is 2.14. The van der Waals surface area contributed by atoms with E-state index in [4.69, 9.17) is 5.73 Å². The fourth-order valence-corrected chi connectivity index (χ4v) is 2.37. The molecule has 2 atom stereocenters. The lowest BCUT2D eigenvalue weighted by atomic mass is 9.70. The smallest absolute Gasteiger partial charge is 0.123 e. The van der Waals surface area contributed by atoms with Crippen molar-refractivity contribution >= 4 is 0 Å². The summed E-state index contributed by atoms with van der Waals surface area (Å²) in [6.07, 6.45) is 0.0305. The van der Waals surface area contributed by atoms with Crippen molar-refractivity contribution in [3.05, 3.63) is 35.1 Å². The van der Waals surface area contributed by atoms with Crippen LogP contribution in [0, 0.1) is 5.82 Å². The van der Waals surface area contributed by atoms with Crippen LogP contribution >= 0.6 is 0 Å². The van der Waals surface area contributed by atoms with Crippen molar-refractivity contribution in [2.45, 2.75) is 37.8 Å². The first-order chi connectivity index (χ1) is 6.92. The molecule has 0 radical (unpaired) electrons. The van der Waals surface area contributed by atoms with E-state index < -0.39 is 12.1 Å². The zero-order valence-corrected chi connectivity index (χ0v) is 9.00. The van der Waals surface area contributed by atoms with Crippen LogP contribution in [0.2, 0.25) is 0 Å². The minimum Gasteiger partial charge on any atom is -0.391 e. The Bertz CT molecular complexity index is 389. The summed E-state index contributed by atoms with van der Waals surface area (Å²) >= 11 is 0. The summed E-state index contributed by atoms with van der Waals surface area (Å²) < 4.78 is 13.2. The summed E-state index contributed by atoms with van der Waals surface area (Å²) in [7, 11) is 0. The van der Waals surface area contributed by atoms with Crippen LogP contribution in [0.5, 0.6) is 0 Å². The van der Waals surface area contributed by atoms with E-state index in [0.717, 1.165) is 11.1 Å². The van der Waals surface area contributed by atoms with Crippen LogP contribution in [-0.4, -0.2) is 11.2 Å². The topological polar surface area (TPSA) is 46.2 Å². The summed E-state index contributed by atoms with van der Waals surface area (Å²) in [5.41, 5.74) is 7.45. The molecule has 3 heteroatoms. The molecule has 0 aromatic heterocycles. The van der Waals surface area contributed by atoms with Gasteiger partial charge in [0.1, 0.15) is 5.82 Å². The number of halogens is 1. The molecule has 0 saturated carbocycles. The van der Waals surface area contributed by atoms with Crippen LogP contribution in [-0.2, 0) is 5.41 Å². The maximum atomic E-state index is 13.2. The summed E-state index contributed by atoms with van der Waals surface area (Å²) in [5.74, 6) is -0.245. The Kier molecular flexibility index (Phi) is 2.32. The van der Waals surface area contributed by atoms with Crippen molar-refractivity contribution in [2.75, 3.05) is 0 Å². The first-order valence-corrected chi connectivity index (χ1v) is 5.15. The Morgan fingerprint density at radius 1 is 1.47 bits per heavy atom. The van der Waals surface area contributed by atoms with Gasteiger partial charge in [-0.15, -0.1) is 0 Å². The molecule has 82 valence electrons. The molecule has 1 aromatic carbocycles. The molecule has 0 spiro atoms. The van der Waals surface area contributed by atoms with Crippen LogP contribution in [0.15, 0.2) is 18.2 Å². The van der Waals surface area contributed by atoms with Crippen molar-refractivity contribution in [1.29, 1.82) is 0 Å². The van der Waals surface area contributed by atoms with E-state index in [1.165, 1.54) is 12.1 Å². The molecule has 0 bridgehead atoms. The fourth-order valence-electron chi connectivity index (χ4n) is 2.37. The number of aliphatic hydroxyl groups is 1. The molecule has 0 saturated heterocycles. The van der Waals surface area contributed by atoms with Crippen LogP contribution in [0.1, 0.15) is 37.4 Å². The number of rotatable bonds is 0. The molecule has 15 heavy (non-hydrogen) atoms. The highest BCUT2D eigenvalue weighted by Crippen LogP contribution is 2.40. The maximum Gasteiger partial charge on any atom is 0.123 e. The van der Waals surface area contributed by atoms with Crippen LogP contribution < -0.4 is 5.73 Å². The number of hydrogen-bond donors (Lipinski definition) is 2. The summed E-state index contributed by atoms with van der Waals surface area (Å²) in [6, 6.07) is 4.21. The second-order valence-electron chi connectivity index (χ2n) is 4.91. The molecule has 2 nitrogen and oxygen atoms in total. The molecule has 0 amide bonds. The lowest BCUT2D eigenvalue weighted by Gasteiger charge is -2.38. The Morgan fingerprint density at radius 2 is 2.13 bits per heavy atom. The minimum atomic E-state index is -0.544. The third-order valence-corrected chi connectivity index (χ3v) is 3.24. The first-order valence-electron chi connectivity index (χ1n) is 5.15. The molecule has 3 N–H and O–H groups in total. The molecule has 0 heterocycles. The molecule has 2 rings (SSSR count). The third kappa shape index (κ3) is 1.66. The van der Waals surface area contributed by atoms with Gasteiger partial charge in [-0.1, -0.05) is 19.9 Å². The zero-order chi connectivity index (χ0) is 11.2. The van der Waals surface area contributed by atoms with Gasteiger partial charge in [0.15, 0.2) is 0 Å². The van der Waals surface area contributed by atoms with Gasteiger partial charge in [-0.3, -0.25) is 0 Å². The quantitative estimate of drug-likeness (QED) is 0.685. The van der Waals surface area contributed by atoms with E-state index >= 15 is 0 Å². The van der Waals surface area contributed by atoms with Gasteiger partial charge in [0.2, 0.25) is 0 Å². The van der Waals surface area contributed by atoms with Crippen molar-refractivity contribution in [1.82, 2.24) is 0 Å². The van der Waals surface area contributed by atoms with Gasteiger partial charge in [0.25, 0.3) is 0 Å². The highest BCUT2D eigenvalue weighted by atomic mass is 19.1. The average molecular weight is 209 g/mol. The zero-order valence-electron chi connectivity index (χ0n) is 9.00. The Labute approximate surface area is 88.9 Å². The SMILES string of the molecule is CC1(C)CC(O)C(N)c2ccc(F)cc21. The minimum absolute atomic E-state index is 0.216. The van der Waals surface area contributed by atoms with E-state index in [2.05, 4.69) is 0 Å². The van der Waals surface area contributed by atoms with E-state index in [9.17, 15) is 9.50 Å². The Hall–Kier alpha value is -0.930. The van der Waals surface area contributed by atoms with Gasteiger partial charge < -0.3 is 10.8 Å². The van der Waals surface area contributed by atoms with Crippen LogP contribution in [0.4, 0.5) is 4.39 Å². The number of aliphatic hydroxyl groups excluding tert-OH is 1. The lowest BCUT2D eigenvalue weighted by molar-refractivity contribution is 0.0993. The predicted molar refractivity (Wildman–Crippen MR) is 57.0 cm³/mol. The molecule has 2 unspecified atom stereocenters. The van der Waals surface area contributed by atoms with Gasteiger partial charge in [0, 0.05) is 0 Å². The third-order valence-electron chi connectivity index (χ3n) is 3.24. The highest BCUT2D eigenvalue weighted by Gasteiger charge is 2.36. The lowest BCUT2D eigenvalue weighted by Crippen LogP contribution is -2.39. The first kappa shape index (κ1) is 10.6.